The Morgan fingerprint density at radius 3 is 0.845 bits per heavy atom. The number of amides is 4. The molecule has 13 rings (SSSR count). The molecule has 9 heterocycles. The van der Waals surface area contributed by atoms with E-state index in [4.69, 9.17) is 38.9 Å². The minimum absolute atomic E-state index is 0. The van der Waals surface area contributed by atoms with Crippen molar-refractivity contribution in [2.75, 3.05) is 47.7 Å². The molecule has 4 N–H and O–H groups in total. The van der Waals surface area contributed by atoms with E-state index >= 15 is 0 Å². The van der Waals surface area contributed by atoms with Crippen LogP contribution in [0.4, 0.5) is 22.7 Å². The molecule has 16 nitrogen and oxygen atoms in total. The van der Waals surface area contributed by atoms with Gasteiger partial charge in [-0.3, -0.25) is 19.2 Å². The summed E-state index contributed by atoms with van der Waals surface area (Å²) in [7, 11) is 0. The van der Waals surface area contributed by atoms with Gasteiger partial charge < -0.3 is 50.2 Å². The minimum Gasteiger partial charge on any atom is -0.657 e. The molecular formula is C80H88CoN8O8. The fraction of sp³-hybridized carbons (Fsp3) is 0.400. The number of nitrogens with zero attached hydrogens (tertiary/aromatic N) is 4. The van der Waals surface area contributed by atoms with E-state index in [1.165, 1.54) is 0 Å². The number of fused-ring (bicyclic) bond motifs is 8. The van der Waals surface area contributed by atoms with Crippen molar-refractivity contribution >= 4 is 92.7 Å². The van der Waals surface area contributed by atoms with E-state index in [1.807, 2.05) is 85.0 Å². The molecule has 4 saturated heterocycles. The molecule has 4 aromatic carbocycles. The van der Waals surface area contributed by atoms with Crippen LogP contribution < -0.4 is 31.2 Å². The summed E-state index contributed by atoms with van der Waals surface area (Å²) >= 11 is 0. The number of carbonyl (C=O) groups excluding carboxylic acids is 4. The van der Waals surface area contributed by atoms with Gasteiger partial charge in [-0.2, -0.15) is 0 Å². The van der Waals surface area contributed by atoms with Crippen LogP contribution in [0, 0.1) is 0 Å². The molecule has 6 aliphatic rings. The Balaban J connectivity index is 0.00000897. The summed E-state index contributed by atoms with van der Waals surface area (Å²) in [6.07, 6.45) is 10.5. The molecule has 97 heavy (non-hydrogen) atoms. The van der Waals surface area contributed by atoms with Crippen LogP contribution in [0.2, 0.25) is 0 Å². The van der Waals surface area contributed by atoms with Gasteiger partial charge in [0.15, 0.2) is 0 Å². The fourth-order valence-electron chi connectivity index (χ4n) is 13.5. The molecule has 1 radical (unpaired) electrons. The van der Waals surface area contributed by atoms with Crippen molar-refractivity contribution in [3.63, 3.8) is 0 Å². The van der Waals surface area contributed by atoms with Crippen molar-refractivity contribution in [2.24, 2.45) is 0 Å². The van der Waals surface area contributed by atoms with Gasteiger partial charge in [0.25, 0.3) is 23.6 Å². The number of benzene rings is 4. The third-order valence-corrected chi connectivity index (χ3v) is 19.1. The van der Waals surface area contributed by atoms with Crippen molar-refractivity contribution < 1.29 is 54.9 Å². The first-order valence-electron chi connectivity index (χ1n) is 34.1. The van der Waals surface area contributed by atoms with Gasteiger partial charge in [-0.25, -0.2) is 9.97 Å². The Bertz CT molecular complexity index is 4040. The predicted molar refractivity (Wildman–Crippen MR) is 384 cm³/mol. The van der Waals surface area contributed by atoms with Crippen molar-refractivity contribution in [3.8, 4) is 44.5 Å². The first-order valence-corrected chi connectivity index (χ1v) is 34.1. The molecular weight excluding hydrogens is 1260 g/mol. The van der Waals surface area contributed by atoms with Gasteiger partial charge in [0.2, 0.25) is 0 Å². The molecule has 7 aromatic rings. The number of rotatable bonds is 12. The van der Waals surface area contributed by atoms with E-state index in [9.17, 15) is 19.2 Å². The Hall–Kier alpha value is -8.29. The summed E-state index contributed by atoms with van der Waals surface area (Å²) in [5.41, 5.74) is 14.7. The number of carbonyl (C=O) groups is 4. The number of anilines is 4. The second-order valence-electron chi connectivity index (χ2n) is 30.4. The summed E-state index contributed by atoms with van der Waals surface area (Å²) < 4.78 is 23.9. The van der Waals surface area contributed by atoms with Gasteiger partial charge in [0, 0.05) is 37.6 Å². The van der Waals surface area contributed by atoms with Crippen LogP contribution >= 0.6 is 0 Å². The molecule has 0 unspecified atom stereocenters. The molecule has 8 bridgehead atoms. The Morgan fingerprint density at radius 2 is 0.608 bits per heavy atom. The van der Waals surface area contributed by atoms with E-state index < -0.39 is 24.4 Å². The Labute approximate surface area is 579 Å². The van der Waals surface area contributed by atoms with Gasteiger partial charge in [-0.1, -0.05) is 156 Å². The molecule has 505 valence electrons. The van der Waals surface area contributed by atoms with Crippen LogP contribution in [0.3, 0.4) is 0 Å². The standard InChI is InChI=1S/C80H90N8O8.Co/c1-77(2,3)47-39-45(40-48(43-47)78(4,5)6)67-55-27-31-59(81-55)71(69-51(85-73(89)63-23-15-35-93-63)19-13-20-52(69)86-74(90)64-24-16-36-94-64)61-33-29-57(83-61)68(46-41-49(79(7,8)9)44-50(42-46)80(10,11)12)58-30-34-62(84-58)72(60-32-28-56(67)82-60)70-53(87-75(91)65-25-17-37-95-65)21-14-22-54(70)88-76(92)66-26-18-38-96-66;/h13-14,19-22,27-34,39-44,63-66H,15-18,23-26,35-38H2,1-12H3,(H6,81,82,83,84,85,86,87,88,89,90,91,92);/q;+2/p-2/t63-,64-,65-,66-;/m0./s1. The number of nitrogens with one attached hydrogen (secondary N) is 4. The SMILES string of the molecule is CC(C)(C)c1cc(-c2c3nc(c(-c4c(NC(=O)[C@@H]5CCCO5)cccc4NC(=O)[C@@H]4CCCO4)c4ccc([n-]4)c(-c4cc(C(C)(C)C)cc(C(C)(C)C)c4)c4nc(c(-c5c(NC(=O)[C@@H]6CCCO6)cccc5NC(=O)[C@@H]5CCCO5)c5ccc2[n-]5)C=C4)C=C3)cc(C(C)(C)C)c1.[Co+2]. The Kier molecular flexibility index (Phi) is 19.2. The molecule has 0 saturated carbocycles. The molecule has 6 aliphatic heterocycles. The summed E-state index contributed by atoms with van der Waals surface area (Å²) in [6.45, 7) is 28.5. The largest absolute Gasteiger partial charge is 2.00 e. The van der Waals surface area contributed by atoms with Crippen LogP contribution in [0.5, 0.6) is 0 Å². The van der Waals surface area contributed by atoms with Crippen LogP contribution in [0.15, 0.2) is 97.1 Å². The first kappa shape index (κ1) is 68.6. The van der Waals surface area contributed by atoms with Crippen LogP contribution in [-0.2, 0) is 76.6 Å². The third-order valence-electron chi connectivity index (χ3n) is 19.1. The zero-order valence-corrected chi connectivity index (χ0v) is 58.8. The monoisotopic (exact) mass is 1350 g/mol. The van der Waals surface area contributed by atoms with Gasteiger partial charge in [-0.15, -0.1) is 22.1 Å². The average molecular weight is 1350 g/mol. The molecule has 17 heteroatoms. The third kappa shape index (κ3) is 14.4. The summed E-state index contributed by atoms with van der Waals surface area (Å²) in [4.78, 5) is 80.9. The second-order valence-corrected chi connectivity index (χ2v) is 30.4. The van der Waals surface area contributed by atoms with Crippen LogP contribution in [0.25, 0.3) is 90.9 Å². The van der Waals surface area contributed by atoms with Crippen molar-refractivity contribution in [2.45, 2.75) is 181 Å². The molecule has 4 amide bonds. The summed E-state index contributed by atoms with van der Waals surface area (Å²) in [6, 6.07) is 32.5. The van der Waals surface area contributed by atoms with Crippen molar-refractivity contribution in [3.05, 3.63) is 142 Å². The minimum atomic E-state index is -0.674. The number of hydrogen-bond acceptors (Lipinski definition) is 10. The number of hydrogen-bond donors (Lipinski definition) is 4. The molecule has 0 aliphatic carbocycles. The maximum absolute atomic E-state index is 14.5. The topological polar surface area (TPSA) is 207 Å². The van der Waals surface area contributed by atoms with E-state index in [-0.39, 0.29) is 62.1 Å². The average Bonchev–Trinajstić information content (AvgIpc) is 1.66. The smallest absolute Gasteiger partial charge is 0.657 e. The van der Waals surface area contributed by atoms with Gasteiger partial charge in [0.1, 0.15) is 24.4 Å². The normalized spacial score (nSPS) is 18.7. The molecule has 4 fully saturated rings. The predicted octanol–water partition coefficient (Wildman–Crippen LogP) is 16.2. The zero-order chi connectivity index (χ0) is 67.6. The number of aromatic nitrogens is 4. The maximum atomic E-state index is 14.5. The second kappa shape index (κ2) is 27.2. The van der Waals surface area contributed by atoms with E-state index in [1.54, 1.807) is 0 Å². The van der Waals surface area contributed by atoms with Crippen LogP contribution in [-0.4, -0.2) is 84.4 Å². The van der Waals surface area contributed by atoms with Gasteiger partial charge in [-0.05, 0) is 177 Å². The van der Waals surface area contributed by atoms with Gasteiger partial charge in [0.05, 0.1) is 45.5 Å². The van der Waals surface area contributed by atoms with E-state index in [0.29, 0.717) is 142 Å². The van der Waals surface area contributed by atoms with E-state index in [2.05, 4.69) is 141 Å². The van der Waals surface area contributed by atoms with Gasteiger partial charge >= 0.3 is 16.8 Å². The summed E-state index contributed by atoms with van der Waals surface area (Å²) in [5.74, 6) is -1.21. The summed E-state index contributed by atoms with van der Waals surface area (Å²) in [5, 5.41) is 13.1. The van der Waals surface area contributed by atoms with Crippen molar-refractivity contribution in [1.29, 1.82) is 0 Å². The van der Waals surface area contributed by atoms with Crippen LogP contribution in [0.1, 0.15) is 179 Å². The molecule has 4 atom stereocenters. The van der Waals surface area contributed by atoms with E-state index in [0.717, 1.165) is 70.2 Å². The quantitative estimate of drug-likeness (QED) is 0.0901. The Morgan fingerprint density at radius 1 is 0.361 bits per heavy atom. The van der Waals surface area contributed by atoms with Crippen molar-refractivity contribution in [1.82, 2.24) is 19.9 Å². The first-order chi connectivity index (χ1) is 45.7. The fourth-order valence-corrected chi connectivity index (χ4v) is 13.5. The number of ether oxygens (including phenoxy) is 4. The molecule has 3 aromatic heterocycles. The molecule has 0 spiro atoms. The maximum Gasteiger partial charge on any atom is 2.00 e. The zero-order valence-electron chi connectivity index (χ0n) is 57.7.